The summed E-state index contributed by atoms with van der Waals surface area (Å²) < 4.78 is 0.494. The molecule has 1 aliphatic rings. The molecule has 1 fully saturated rings. The maximum absolute atomic E-state index is 12.4. The molecule has 0 aliphatic heterocycles. The Bertz CT molecular complexity index is 728. The number of ketones is 1. The van der Waals surface area contributed by atoms with Gasteiger partial charge in [0.25, 0.3) is 0 Å². The standard InChI is InChI=1S/C15H15ClN4O2S/c16-12-8-18-15(23-12)20-14(22)19-10-5-6-17-11(7-10)13(21)9-3-1-2-4-9/h5-9H,1-4H2,(H2,17,18,19,20,22). The van der Waals surface area contributed by atoms with Crippen molar-refractivity contribution in [1.29, 1.82) is 0 Å². The largest absolute Gasteiger partial charge is 0.325 e. The Morgan fingerprint density at radius 1 is 1.22 bits per heavy atom. The zero-order valence-electron chi connectivity index (χ0n) is 12.2. The molecule has 2 N–H and O–H groups in total. The lowest BCUT2D eigenvalue weighted by Crippen LogP contribution is -2.20. The number of amides is 2. The number of carbonyl (C=O) groups excluding carboxylic acids is 2. The molecule has 8 heteroatoms. The number of urea groups is 1. The van der Waals surface area contributed by atoms with Gasteiger partial charge in [-0.1, -0.05) is 35.8 Å². The second-order valence-corrected chi connectivity index (χ2v) is 6.99. The predicted octanol–water partition coefficient (Wildman–Crippen LogP) is 4.21. The average molecular weight is 351 g/mol. The first-order valence-corrected chi connectivity index (χ1v) is 8.51. The number of hydrogen-bond acceptors (Lipinski definition) is 5. The molecule has 0 aromatic carbocycles. The summed E-state index contributed by atoms with van der Waals surface area (Å²) in [5.74, 6) is 0.113. The van der Waals surface area contributed by atoms with Gasteiger partial charge in [-0.05, 0) is 25.0 Å². The number of Topliss-reactive ketones (excluding diaryl/α,β-unsaturated/α-hetero) is 1. The highest BCUT2D eigenvalue weighted by Crippen LogP contribution is 2.28. The Labute approximate surface area is 142 Å². The minimum Gasteiger partial charge on any atom is -0.308 e. The van der Waals surface area contributed by atoms with Crippen LogP contribution in [0, 0.1) is 5.92 Å². The molecule has 1 aliphatic carbocycles. The lowest BCUT2D eigenvalue weighted by Gasteiger charge is -2.09. The molecule has 3 rings (SSSR count). The highest BCUT2D eigenvalue weighted by atomic mass is 35.5. The Kier molecular flexibility index (Phi) is 4.88. The second kappa shape index (κ2) is 7.06. The van der Waals surface area contributed by atoms with Crippen LogP contribution >= 0.6 is 22.9 Å². The van der Waals surface area contributed by atoms with Gasteiger partial charge in [-0.15, -0.1) is 0 Å². The van der Waals surface area contributed by atoms with Crippen LogP contribution in [0.3, 0.4) is 0 Å². The molecule has 0 radical (unpaired) electrons. The number of halogens is 1. The van der Waals surface area contributed by atoms with Crippen LogP contribution in [-0.4, -0.2) is 21.8 Å². The third kappa shape index (κ3) is 4.05. The molecule has 0 saturated heterocycles. The van der Waals surface area contributed by atoms with Gasteiger partial charge in [-0.3, -0.25) is 15.1 Å². The van der Waals surface area contributed by atoms with Crippen molar-refractivity contribution in [2.75, 3.05) is 10.6 Å². The van der Waals surface area contributed by atoms with E-state index in [2.05, 4.69) is 20.6 Å². The van der Waals surface area contributed by atoms with E-state index in [1.807, 2.05) is 0 Å². The van der Waals surface area contributed by atoms with Crippen LogP contribution in [0.4, 0.5) is 15.6 Å². The third-order valence-corrected chi connectivity index (χ3v) is 4.72. The van der Waals surface area contributed by atoms with E-state index >= 15 is 0 Å². The number of carbonyl (C=O) groups is 2. The molecule has 0 unspecified atom stereocenters. The van der Waals surface area contributed by atoms with Gasteiger partial charge >= 0.3 is 6.03 Å². The molecule has 6 nitrogen and oxygen atoms in total. The molecule has 0 atom stereocenters. The fourth-order valence-electron chi connectivity index (χ4n) is 2.61. The van der Waals surface area contributed by atoms with E-state index in [-0.39, 0.29) is 11.7 Å². The first-order valence-electron chi connectivity index (χ1n) is 7.31. The van der Waals surface area contributed by atoms with Crippen molar-refractivity contribution in [3.05, 3.63) is 34.6 Å². The van der Waals surface area contributed by atoms with Crippen molar-refractivity contribution in [3.8, 4) is 0 Å². The van der Waals surface area contributed by atoms with Crippen LogP contribution in [-0.2, 0) is 0 Å². The third-order valence-electron chi connectivity index (χ3n) is 3.69. The summed E-state index contributed by atoms with van der Waals surface area (Å²) in [5.41, 5.74) is 0.911. The Morgan fingerprint density at radius 2 is 2.00 bits per heavy atom. The van der Waals surface area contributed by atoms with Gasteiger partial charge in [-0.2, -0.15) is 0 Å². The average Bonchev–Trinajstić information content (AvgIpc) is 3.18. The summed E-state index contributed by atoms with van der Waals surface area (Å²) in [7, 11) is 0. The van der Waals surface area contributed by atoms with Crippen LogP contribution < -0.4 is 10.6 Å². The van der Waals surface area contributed by atoms with E-state index in [1.165, 1.54) is 23.7 Å². The highest BCUT2D eigenvalue weighted by Gasteiger charge is 2.24. The summed E-state index contributed by atoms with van der Waals surface area (Å²) >= 11 is 6.93. The summed E-state index contributed by atoms with van der Waals surface area (Å²) in [6, 6.07) is 2.80. The summed E-state index contributed by atoms with van der Waals surface area (Å²) in [5, 5.41) is 5.66. The molecule has 2 aromatic heterocycles. The first kappa shape index (κ1) is 15.9. The molecule has 2 amide bonds. The first-order chi connectivity index (χ1) is 11.1. The number of thiazole rings is 1. The van der Waals surface area contributed by atoms with Gasteiger partial charge in [0.05, 0.1) is 6.20 Å². The monoisotopic (exact) mass is 350 g/mol. The van der Waals surface area contributed by atoms with Crippen molar-refractivity contribution < 1.29 is 9.59 Å². The number of nitrogens with one attached hydrogen (secondary N) is 2. The van der Waals surface area contributed by atoms with Gasteiger partial charge in [0, 0.05) is 17.8 Å². The quantitative estimate of drug-likeness (QED) is 0.809. The van der Waals surface area contributed by atoms with Crippen molar-refractivity contribution >= 4 is 45.6 Å². The van der Waals surface area contributed by atoms with E-state index in [4.69, 9.17) is 11.6 Å². The van der Waals surface area contributed by atoms with Crippen molar-refractivity contribution in [3.63, 3.8) is 0 Å². The molecule has 120 valence electrons. The van der Waals surface area contributed by atoms with E-state index in [1.54, 1.807) is 12.1 Å². The van der Waals surface area contributed by atoms with E-state index < -0.39 is 6.03 Å². The van der Waals surface area contributed by atoms with Crippen LogP contribution in [0.1, 0.15) is 36.2 Å². The molecule has 0 spiro atoms. The Balaban J connectivity index is 1.65. The fourth-order valence-corrected chi connectivity index (χ4v) is 3.42. The summed E-state index contributed by atoms with van der Waals surface area (Å²) in [4.78, 5) is 32.4. The molecular formula is C15H15ClN4O2S. The van der Waals surface area contributed by atoms with Crippen LogP contribution in [0.5, 0.6) is 0 Å². The highest BCUT2D eigenvalue weighted by molar-refractivity contribution is 7.19. The normalized spacial score (nSPS) is 14.7. The smallest absolute Gasteiger partial charge is 0.308 e. The summed E-state index contributed by atoms with van der Waals surface area (Å²) in [6.45, 7) is 0. The van der Waals surface area contributed by atoms with Crippen molar-refractivity contribution in [2.45, 2.75) is 25.7 Å². The molecule has 2 aromatic rings. The molecule has 2 heterocycles. The minimum absolute atomic E-state index is 0.0539. The zero-order valence-corrected chi connectivity index (χ0v) is 13.8. The number of rotatable bonds is 4. The molecule has 1 saturated carbocycles. The van der Waals surface area contributed by atoms with Gasteiger partial charge < -0.3 is 5.32 Å². The molecule has 23 heavy (non-hydrogen) atoms. The maximum atomic E-state index is 12.4. The predicted molar refractivity (Wildman–Crippen MR) is 90.3 cm³/mol. The number of hydrogen-bond donors (Lipinski definition) is 2. The fraction of sp³-hybridized carbons (Fsp3) is 0.333. The Morgan fingerprint density at radius 3 is 2.70 bits per heavy atom. The topological polar surface area (TPSA) is 84.0 Å². The zero-order chi connectivity index (χ0) is 16.2. The van der Waals surface area contributed by atoms with Crippen LogP contribution in [0.2, 0.25) is 4.34 Å². The number of anilines is 2. The lowest BCUT2D eigenvalue weighted by molar-refractivity contribution is 0.0918. The van der Waals surface area contributed by atoms with Gasteiger partial charge in [0.2, 0.25) is 0 Å². The molecular weight excluding hydrogens is 336 g/mol. The number of aromatic nitrogens is 2. The minimum atomic E-state index is -0.443. The van der Waals surface area contributed by atoms with Crippen LogP contribution in [0.25, 0.3) is 0 Å². The van der Waals surface area contributed by atoms with Crippen LogP contribution in [0.15, 0.2) is 24.5 Å². The van der Waals surface area contributed by atoms with Crippen molar-refractivity contribution in [2.24, 2.45) is 5.92 Å². The maximum Gasteiger partial charge on any atom is 0.325 e. The van der Waals surface area contributed by atoms with E-state index in [0.29, 0.717) is 20.8 Å². The van der Waals surface area contributed by atoms with Crippen molar-refractivity contribution in [1.82, 2.24) is 9.97 Å². The SMILES string of the molecule is O=C(Nc1ccnc(C(=O)C2CCCC2)c1)Nc1ncc(Cl)s1. The number of pyridine rings is 1. The van der Waals surface area contributed by atoms with Gasteiger partial charge in [-0.25, -0.2) is 9.78 Å². The number of nitrogens with zero attached hydrogens (tertiary/aromatic N) is 2. The van der Waals surface area contributed by atoms with Gasteiger partial charge in [0.15, 0.2) is 10.9 Å². The Hall–Kier alpha value is -1.99. The second-order valence-electron chi connectivity index (χ2n) is 5.32. The van der Waals surface area contributed by atoms with E-state index in [9.17, 15) is 9.59 Å². The lowest BCUT2D eigenvalue weighted by atomic mass is 9.99. The van der Waals surface area contributed by atoms with E-state index in [0.717, 1.165) is 25.7 Å². The molecule has 0 bridgehead atoms. The van der Waals surface area contributed by atoms with Gasteiger partial charge in [0.1, 0.15) is 10.0 Å². The summed E-state index contributed by atoms with van der Waals surface area (Å²) in [6.07, 6.45) is 7.01.